The second-order valence-electron chi connectivity index (χ2n) is 4.82. The maximum absolute atomic E-state index is 11.8. The van der Waals surface area contributed by atoms with E-state index in [9.17, 15) is 4.79 Å². The highest BCUT2D eigenvalue weighted by Crippen LogP contribution is 2.17. The Morgan fingerprint density at radius 3 is 2.50 bits per heavy atom. The van der Waals surface area contributed by atoms with Crippen molar-refractivity contribution < 1.29 is 9.53 Å². The maximum atomic E-state index is 11.8. The highest BCUT2D eigenvalue weighted by molar-refractivity contribution is 5.80. The van der Waals surface area contributed by atoms with Crippen LogP contribution in [0.2, 0.25) is 0 Å². The van der Waals surface area contributed by atoms with Crippen molar-refractivity contribution >= 4 is 5.91 Å². The van der Waals surface area contributed by atoms with E-state index in [-0.39, 0.29) is 11.9 Å². The molecule has 18 heavy (non-hydrogen) atoms. The molecule has 0 saturated heterocycles. The first-order chi connectivity index (χ1) is 8.43. The number of carbonyl (C=O) groups is 1. The molecule has 0 spiro atoms. The molecule has 0 aliphatic carbocycles. The lowest BCUT2D eigenvalue weighted by molar-refractivity contribution is -0.127. The average molecular weight is 249 g/mol. The number of aryl methyl sites for hydroxylation is 2. The number of nitrogens with one attached hydrogen (secondary N) is 1. The SMILES string of the molecule is CC[C@H](C)NC(=O)[C@H](C)Oc1ccc(C)c(C)c1. The highest BCUT2D eigenvalue weighted by Gasteiger charge is 2.16. The summed E-state index contributed by atoms with van der Waals surface area (Å²) in [6, 6.07) is 6.05. The van der Waals surface area contributed by atoms with Crippen molar-refractivity contribution in [3.63, 3.8) is 0 Å². The van der Waals surface area contributed by atoms with Gasteiger partial charge in [0, 0.05) is 6.04 Å². The van der Waals surface area contributed by atoms with Crippen molar-refractivity contribution in [1.82, 2.24) is 5.32 Å². The molecule has 1 aromatic rings. The van der Waals surface area contributed by atoms with Crippen LogP contribution in [0.3, 0.4) is 0 Å². The van der Waals surface area contributed by atoms with Gasteiger partial charge in [-0.15, -0.1) is 0 Å². The minimum Gasteiger partial charge on any atom is -0.481 e. The molecule has 1 aromatic carbocycles. The number of carbonyl (C=O) groups excluding carboxylic acids is 1. The van der Waals surface area contributed by atoms with E-state index >= 15 is 0 Å². The van der Waals surface area contributed by atoms with E-state index < -0.39 is 6.10 Å². The monoisotopic (exact) mass is 249 g/mol. The Balaban J connectivity index is 2.60. The van der Waals surface area contributed by atoms with Crippen LogP contribution in [-0.4, -0.2) is 18.1 Å². The van der Waals surface area contributed by atoms with Crippen LogP contribution in [-0.2, 0) is 4.79 Å². The molecule has 0 aliphatic heterocycles. The zero-order valence-electron chi connectivity index (χ0n) is 11.9. The Hall–Kier alpha value is -1.51. The first-order valence-electron chi connectivity index (χ1n) is 6.48. The molecule has 0 saturated carbocycles. The van der Waals surface area contributed by atoms with Gasteiger partial charge < -0.3 is 10.1 Å². The molecular formula is C15H23NO2. The zero-order chi connectivity index (χ0) is 13.7. The van der Waals surface area contributed by atoms with Gasteiger partial charge in [-0.2, -0.15) is 0 Å². The van der Waals surface area contributed by atoms with Crippen LogP contribution in [0.5, 0.6) is 5.75 Å². The Labute approximate surface area is 110 Å². The fourth-order valence-electron chi connectivity index (χ4n) is 1.51. The smallest absolute Gasteiger partial charge is 0.260 e. The molecule has 0 bridgehead atoms. The van der Waals surface area contributed by atoms with Crippen LogP contribution in [0.25, 0.3) is 0 Å². The third-order valence-electron chi connectivity index (χ3n) is 3.16. The number of benzene rings is 1. The minimum absolute atomic E-state index is 0.0671. The maximum Gasteiger partial charge on any atom is 0.260 e. The fraction of sp³-hybridized carbons (Fsp3) is 0.533. The summed E-state index contributed by atoms with van der Waals surface area (Å²) in [6.45, 7) is 9.89. The van der Waals surface area contributed by atoms with Crippen molar-refractivity contribution in [3.8, 4) is 5.75 Å². The van der Waals surface area contributed by atoms with Crippen LogP contribution < -0.4 is 10.1 Å². The van der Waals surface area contributed by atoms with Gasteiger partial charge in [-0.3, -0.25) is 4.79 Å². The lowest BCUT2D eigenvalue weighted by Crippen LogP contribution is -2.40. The van der Waals surface area contributed by atoms with Gasteiger partial charge in [-0.1, -0.05) is 13.0 Å². The van der Waals surface area contributed by atoms with E-state index in [1.165, 1.54) is 11.1 Å². The van der Waals surface area contributed by atoms with Crippen LogP contribution in [0.15, 0.2) is 18.2 Å². The Morgan fingerprint density at radius 2 is 1.94 bits per heavy atom. The molecular weight excluding hydrogens is 226 g/mol. The number of ether oxygens (including phenoxy) is 1. The Kier molecular flexibility index (Phi) is 5.20. The number of rotatable bonds is 5. The summed E-state index contributed by atoms with van der Waals surface area (Å²) >= 11 is 0. The first kappa shape index (κ1) is 14.6. The molecule has 3 nitrogen and oxygen atoms in total. The van der Waals surface area contributed by atoms with Gasteiger partial charge in [0.2, 0.25) is 0 Å². The predicted molar refractivity (Wildman–Crippen MR) is 73.9 cm³/mol. The zero-order valence-corrected chi connectivity index (χ0v) is 11.9. The van der Waals surface area contributed by atoms with Gasteiger partial charge in [0.15, 0.2) is 6.10 Å². The lowest BCUT2D eigenvalue weighted by Gasteiger charge is -2.18. The molecule has 0 aromatic heterocycles. The van der Waals surface area contributed by atoms with Crippen molar-refractivity contribution in [2.45, 2.75) is 53.2 Å². The summed E-state index contributed by atoms with van der Waals surface area (Å²) in [5.41, 5.74) is 2.39. The third kappa shape index (κ3) is 4.06. The molecule has 1 N–H and O–H groups in total. The molecule has 0 unspecified atom stereocenters. The van der Waals surface area contributed by atoms with Gasteiger partial charge in [0.25, 0.3) is 5.91 Å². The fourth-order valence-corrected chi connectivity index (χ4v) is 1.51. The van der Waals surface area contributed by atoms with Crippen molar-refractivity contribution in [1.29, 1.82) is 0 Å². The summed E-state index contributed by atoms with van der Waals surface area (Å²) in [5, 5.41) is 2.91. The predicted octanol–water partition coefficient (Wildman–Crippen LogP) is 2.99. The molecule has 0 heterocycles. The van der Waals surface area contributed by atoms with Gasteiger partial charge >= 0.3 is 0 Å². The number of hydrogen-bond donors (Lipinski definition) is 1. The Morgan fingerprint density at radius 1 is 1.28 bits per heavy atom. The molecule has 3 heteroatoms. The molecule has 1 amide bonds. The quantitative estimate of drug-likeness (QED) is 0.871. The van der Waals surface area contributed by atoms with E-state index in [1.54, 1.807) is 6.92 Å². The van der Waals surface area contributed by atoms with Crippen LogP contribution >= 0.6 is 0 Å². The van der Waals surface area contributed by atoms with E-state index in [0.29, 0.717) is 0 Å². The third-order valence-corrected chi connectivity index (χ3v) is 3.16. The van der Waals surface area contributed by atoms with Crippen molar-refractivity contribution in [2.24, 2.45) is 0 Å². The number of amides is 1. The van der Waals surface area contributed by atoms with E-state index in [2.05, 4.69) is 12.2 Å². The standard InChI is InChI=1S/C15H23NO2/c1-6-12(4)16-15(17)13(5)18-14-8-7-10(2)11(3)9-14/h7-9,12-13H,6H2,1-5H3,(H,16,17)/t12-,13-/m0/s1. The average Bonchev–Trinajstić information content (AvgIpc) is 2.33. The summed E-state index contributed by atoms with van der Waals surface area (Å²) < 4.78 is 5.65. The highest BCUT2D eigenvalue weighted by atomic mass is 16.5. The van der Waals surface area contributed by atoms with Crippen LogP contribution in [0.4, 0.5) is 0 Å². The molecule has 100 valence electrons. The summed E-state index contributed by atoms with van der Waals surface area (Å²) in [6.07, 6.45) is 0.448. The van der Waals surface area contributed by atoms with Gasteiger partial charge in [-0.25, -0.2) is 0 Å². The molecule has 0 aliphatic rings. The Bertz CT molecular complexity index is 415. The van der Waals surface area contributed by atoms with Crippen molar-refractivity contribution in [2.75, 3.05) is 0 Å². The summed E-state index contributed by atoms with van der Waals surface area (Å²) in [5.74, 6) is 0.674. The summed E-state index contributed by atoms with van der Waals surface area (Å²) in [4.78, 5) is 11.8. The van der Waals surface area contributed by atoms with Crippen molar-refractivity contribution in [3.05, 3.63) is 29.3 Å². The van der Waals surface area contributed by atoms with Crippen LogP contribution in [0.1, 0.15) is 38.3 Å². The first-order valence-corrected chi connectivity index (χ1v) is 6.48. The molecule has 2 atom stereocenters. The topological polar surface area (TPSA) is 38.3 Å². The van der Waals surface area contributed by atoms with Gasteiger partial charge in [0.05, 0.1) is 0 Å². The molecule has 1 rings (SSSR count). The second kappa shape index (κ2) is 6.43. The molecule has 0 radical (unpaired) electrons. The van der Waals surface area contributed by atoms with E-state index in [4.69, 9.17) is 4.74 Å². The number of hydrogen-bond acceptors (Lipinski definition) is 2. The summed E-state index contributed by atoms with van der Waals surface area (Å²) in [7, 11) is 0. The largest absolute Gasteiger partial charge is 0.481 e. The minimum atomic E-state index is -0.471. The van der Waals surface area contributed by atoms with Gasteiger partial charge in [-0.05, 0) is 57.4 Å². The second-order valence-corrected chi connectivity index (χ2v) is 4.82. The van der Waals surface area contributed by atoms with E-state index in [0.717, 1.165) is 12.2 Å². The van der Waals surface area contributed by atoms with Gasteiger partial charge in [0.1, 0.15) is 5.75 Å². The normalized spacial score (nSPS) is 13.8. The van der Waals surface area contributed by atoms with Crippen LogP contribution in [0, 0.1) is 13.8 Å². The molecule has 0 fully saturated rings. The lowest BCUT2D eigenvalue weighted by atomic mass is 10.1. The van der Waals surface area contributed by atoms with E-state index in [1.807, 2.05) is 39.0 Å².